The summed E-state index contributed by atoms with van der Waals surface area (Å²) in [6.45, 7) is 1.81. The Kier molecular flexibility index (Phi) is 5.62. The number of hydrogen-bond donors (Lipinski definition) is 1. The molecule has 0 unspecified atom stereocenters. The fourth-order valence-corrected chi connectivity index (χ4v) is 3.34. The van der Waals surface area contributed by atoms with Crippen molar-refractivity contribution in [3.63, 3.8) is 0 Å². The number of nitrogens with one attached hydrogen (secondary N) is 1. The lowest BCUT2D eigenvalue weighted by Gasteiger charge is -2.19. The lowest BCUT2D eigenvalue weighted by Crippen LogP contribution is -2.20. The molecule has 26 heavy (non-hydrogen) atoms. The first-order chi connectivity index (χ1) is 12.6. The Bertz CT molecular complexity index is 863. The van der Waals surface area contributed by atoms with Gasteiger partial charge in [-0.15, -0.1) is 0 Å². The van der Waals surface area contributed by atoms with Gasteiger partial charge in [-0.3, -0.25) is 14.9 Å². The van der Waals surface area contributed by atoms with Gasteiger partial charge in [0.15, 0.2) is 0 Å². The number of carbonyl (C=O) groups excluding carboxylic acids is 1. The van der Waals surface area contributed by atoms with Crippen LogP contribution in [0.3, 0.4) is 0 Å². The van der Waals surface area contributed by atoms with Crippen LogP contribution >= 0.6 is 15.9 Å². The van der Waals surface area contributed by atoms with E-state index < -0.39 is 4.92 Å². The molecule has 1 aliphatic rings. The highest BCUT2D eigenvalue weighted by molar-refractivity contribution is 9.10. The van der Waals surface area contributed by atoms with Crippen LogP contribution in [0.5, 0.6) is 0 Å². The summed E-state index contributed by atoms with van der Waals surface area (Å²) in [6, 6.07) is 11.7. The molecular weight excluding hydrogens is 400 g/mol. The zero-order valence-electron chi connectivity index (χ0n) is 13.9. The summed E-state index contributed by atoms with van der Waals surface area (Å²) in [5, 5.41) is 15.1. The first kappa shape index (κ1) is 18.1. The summed E-state index contributed by atoms with van der Waals surface area (Å²) >= 11 is 3.32. The van der Waals surface area contributed by atoms with E-state index >= 15 is 0 Å². The van der Waals surface area contributed by atoms with Crippen molar-refractivity contribution in [1.82, 2.24) is 5.43 Å². The molecule has 1 aliphatic heterocycles. The van der Waals surface area contributed by atoms with Crippen molar-refractivity contribution in [1.29, 1.82) is 0 Å². The summed E-state index contributed by atoms with van der Waals surface area (Å²) < 4.78 is 0.667. The number of hydrazone groups is 1. The van der Waals surface area contributed by atoms with Crippen molar-refractivity contribution in [3.8, 4) is 0 Å². The van der Waals surface area contributed by atoms with Gasteiger partial charge in [0.25, 0.3) is 11.6 Å². The number of carbonyl (C=O) groups is 1. The highest BCUT2D eigenvalue weighted by Crippen LogP contribution is 2.27. The third-order valence-corrected chi connectivity index (χ3v) is 4.85. The Morgan fingerprint density at radius 1 is 1.23 bits per heavy atom. The molecule has 2 aromatic rings. The number of hydrogen-bond acceptors (Lipinski definition) is 5. The Hall–Kier alpha value is -2.74. The fourth-order valence-electron chi connectivity index (χ4n) is 2.87. The quantitative estimate of drug-likeness (QED) is 0.456. The van der Waals surface area contributed by atoms with Crippen LogP contribution in [-0.4, -0.2) is 30.1 Å². The predicted octanol–water partition coefficient (Wildman–Crippen LogP) is 3.72. The smallest absolute Gasteiger partial charge is 0.272 e. The maximum Gasteiger partial charge on any atom is 0.272 e. The van der Waals surface area contributed by atoms with Gasteiger partial charge in [-0.05, 0) is 47.0 Å². The molecule has 1 saturated heterocycles. The van der Waals surface area contributed by atoms with E-state index in [0.717, 1.165) is 31.6 Å². The van der Waals surface area contributed by atoms with Crippen molar-refractivity contribution in [2.45, 2.75) is 12.8 Å². The lowest BCUT2D eigenvalue weighted by molar-refractivity contribution is -0.384. The van der Waals surface area contributed by atoms with Crippen LogP contribution in [0.4, 0.5) is 11.4 Å². The largest absolute Gasteiger partial charge is 0.371 e. The van der Waals surface area contributed by atoms with E-state index in [-0.39, 0.29) is 11.6 Å². The molecule has 0 bridgehead atoms. The van der Waals surface area contributed by atoms with Gasteiger partial charge in [0.2, 0.25) is 0 Å². The topological polar surface area (TPSA) is 87.8 Å². The molecule has 2 aromatic carbocycles. The molecule has 1 N–H and O–H groups in total. The summed E-state index contributed by atoms with van der Waals surface area (Å²) in [6.07, 6.45) is 3.63. The monoisotopic (exact) mass is 416 g/mol. The number of benzene rings is 2. The van der Waals surface area contributed by atoms with Gasteiger partial charge in [0.1, 0.15) is 0 Å². The molecule has 7 nitrogen and oxygen atoms in total. The average molecular weight is 417 g/mol. The molecule has 134 valence electrons. The van der Waals surface area contributed by atoms with Crippen LogP contribution in [0.2, 0.25) is 0 Å². The molecule has 8 heteroatoms. The Balaban J connectivity index is 1.81. The lowest BCUT2D eigenvalue weighted by atomic mass is 10.1. The number of nitro benzene ring substituents is 1. The number of anilines is 1. The SMILES string of the molecule is O=C(NN=Cc1cc([N+](=O)[O-])ccc1N1CCCC1)c1ccccc1Br. The predicted molar refractivity (Wildman–Crippen MR) is 104 cm³/mol. The number of rotatable bonds is 5. The van der Waals surface area contributed by atoms with E-state index in [2.05, 4.69) is 31.4 Å². The molecule has 0 atom stereocenters. The van der Waals surface area contributed by atoms with Crippen LogP contribution in [-0.2, 0) is 0 Å². The molecule has 0 spiro atoms. The standard InChI is InChI=1S/C18H17BrN4O3/c19-16-6-2-1-5-15(16)18(24)21-20-12-13-11-14(23(25)26)7-8-17(13)22-9-3-4-10-22/h1-2,5-8,11-12H,3-4,9-10H2,(H,21,24). The molecule has 1 heterocycles. The Morgan fingerprint density at radius 3 is 2.65 bits per heavy atom. The minimum atomic E-state index is -0.440. The molecule has 1 fully saturated rings. The van der Waals surface area contributed by atoms with Crippen LogP contribution in [0.25, 0.3) is 0 Å². The Morgan fingerprint density at radius 2 is 1.96 bits per heavy atom. The van der Waals surface area contributed by atoms with Crippen LogP contribution in [0.1, 0.15) is 28.8 Å². The van der Waals surface area contributed by atoms with Crippen molar-refractivity contribution >= 4 is 39.4 Å². The van der Waals surface area contributed by atoms with Crippen LogP contribution < -0.4 is 10.3 Å². The number of non-ortho nitro benzene ring substituents is 1. The highest BCUT2D eigenvalue weighted by Gasteiger charge is 2.18. The second kappa shape index (κ2) is 8.09. The summed E-state index contributed by atoms with van der Waals surface area (Å²) in [4.78, 5) is 25.0. The minimum Gasteiger partial charge on any atom is -0.371 e. The zero-order valence-corrected chi connectivity index (χ0v) is 15.5. The molecule has 1 amide bonds. The molecule has 0 aliphatic carbocycles. The van der Waals surface area contributed by atoms with Gasteiger partial charge in [-0.25, -0.2) is 5.43 Å². The minimum absolute atomic E-state index is 0.00785. The Labute approximate surface area is 159 Å². The first-order valence-corrected chi connectivity index (χ1v) is 8.97. The molecule has 3 rings (SSSR count). The van der Waals surface area contributed by atoms with E-state index in [4.69, 9.17) is 0 Å². The van der Waals surface area contributed by atoms with E-state index in [1.54, 1.807) is 24.3 Å². The number of nitro groups is 1. The highest BCUT2D eigenvalue weighted by atomic mass is 79.9. The van der Waals surface area contributed by atoms with E-state index in [1.807, 2.05) is 6.07 Å². The van der Waals surface area contributed by atoms with Crippen molar-refractivity contribution < 1.29 is 9.72 Å². The summed E-state index contributed by atoms with van der Waals surface area (Å²) in [5.41, 5.74) is 4.41. The van der Waals surface area contributed by atoms with Gasteiger partial charge >= 0.3 is 0 Å². The zero-order chi connectivity index (χ0) is 18.5. The summed E-state index contributed by atoms with van der Waals surface area (Å²) in [5.74, 6) is -0.359. The maximum atomic E-state index is 12.2. The number of nitrogens with zero attached hydrogens (tertiary/aromatic N) is 3. The van der Waals surface area contributed by atoms with E-state index in [9.17, 15) is 14.9 Å². The van der Waals surface area contributed by atoms with Crippen LogP contribution in [0.15, 0.2) is 52.0 Å². The molecule has 0 saturated carbocycles. The number of halogens is 1. The third-order valence-electron chi connectivity index (χ3n) is 4.16. The summed E-state index contributed by atoms with van der Waals surface area (Å²) in [7, 11) is 0. The van der Waals surface area contributed by atoms with Gasteiger partial charge in [-0.1, -0.05) is 12.1 Å². The molecular formula is C18H17BrN4O3. The first-order valence-electron chi connectivity index (χ1n) is 8.17. The van der Waals surface area contributed by atoms with Crippen LogP contribution in [0, 0.1) is 10.1 Å². The fraction of sp³-hybridized carbons (Fsp3) is 0.222. The van der Waals surface area contributed by atoms with Gasteiger partial charge in [0.05, 0.1) is 16.7 Å². The van der Waals surface area contributed by atoms with Crippen molar-refractivity contribution in [2.24, 2.45) is 5.10 Å². The second-order valence-electron chi connectivity index (χ2n) is 5.87. The van der Waals surface area contributed by atoms with E-state index in [1.165, 1.54) is 18.3 Å². The third kappa shape index (κ3) is 4.08. The van der Waals surface area contributed by atoms with Crippen molar-refractivity contribution in [2.75, 3.05) is 18.0 Å². The second-order valence-corrected chi connectivity index (χ2v) is 6.73. The van der Waals surface area contributed by atoms with Gasteiger partial charge in [0, 0.05) is 40.9 Å². The van der Waals surface area contributed by atoms with Gasteiger partial charge < -0.3 is 4.90 Å². The normalized spacial score (nSPS) is 14.0. The number of amides is 1. The maximum absolute atomic E-state index is 12.2. The average Bonchev–Trinajstić information content (AvgIpc) is 3.16. The van der Waals surface area contributed by atoms with Gasteiger partial charge in [-0.2, -0.15) is 5.10 Å². The molecule has 0 radical (unpaired) electrons. The van der Waals surface area contributed by atoms with E-state index in [0.29, 0.717) is 15.6 Å². The molecule has 0 aromatic heterocycles. The van der Waals surface area contributed by atoms with Crippen molar-refractivity contribution in [3.05, 3.63) is 68.2 Å².